The Kier molecular flexibility index (Phi) is 7.79. The van der Waals surface area contributed by atoms with Gasteiger partial charge in [0.15, 0.2) is 5.96 Å². The zero-order chi connectivity index (χ0) is 13.7. The lowest BCUT2D eigenvalue weighted by Gasteiger charge is -2.33. The van der Waals surface area contributed by atoms with Crippen molar-refractivity contribution >= 4 is 41.3 Å². The molecule has 1 aliphatic rings. The number of hydrogen-bond acceptors (Lipinski definition) is 3. The minimum absolute atomic E-state index is 0. The Labute approximate surface area is 143 Å². The first-order chi connectivity index (χ1) is 9.19. The summed E-state index contributed by atoms with van der Waals surface area (Å²) in [5, 5.41) is 4.66. The van der Waals surface area contributed by atoms with E-state index in [0.717, 1.165) is 37.9 Å². The Morgan fingerprint density at radius 3 is 3.00 bits per heavy atom. The molecule has 1 atom stereocenters. The van der Waals surface area contributed by atoms with Crippen LogP contribution in [0.4, 0.5) is 0 Å². The van der Waals surface area contributed by atoms with Gasteiger partial charge in [-0.1, -0.05) is 6.92 Å². The number of likely N-dealkylation sites (tertiary alicyclic amines) is 1. The average Bonchev–Trinajstić information content (AvgIpc) is 2.80. The van der Waals surface area contributed by atoms with Gasteiger partial charge in [0.2, 0.25) is 0 Å². The molecule has 0 spiro atoms. The van der Waals surface area contributed by atoms with Gasteiger partial charge in [-0.15, -0.1) is 35.3 Å². The van der Waals surface area contributed by atoms with Crippen molar-refractivity contribution in [2.45, 2.75) is 33.1 Å². The van der Waals surface area contributed by atoms with Crippen LogP contribution in [0.1, 0.15) is 29.7 Å². The lowest BCUT2D eigenvalue weighted by Crippen LogP contribution is -2.46. The topological polar surface area (TPSA) is 40.5 Å². The third kappa shape index (κ3) is 5.20. The van der Waals surface area contributed by atoms with Crippen LogP contribution in [0.3, 0.4) is 0 Å². The molecule has 0 saturated carbocycles. The second kappa shape index (κ2) is 8.81. The molecule has 114 valence electrons. The standard InChI is InChI=1S/C14H24N4S.HI/c1-11-5-4-8-18(10-11)14(15-3)16-7-6-13-17-9-12(2)19-13;/h9,11H,4-8,10H2,1-3H3,(H,15,16);1H. The fourth-order valence-electron chi connectivity index (χ4n) is 2.51. The fraction of sp³-hybridized carbons (Fsp3) is 0.714. The Balaban J connectivity index is 0.00000200. The van der Waals surface area contributed by atoms with Gasteiger partial charge in [0.05, 0.1) is 5.01 Å². The number of nitrogens with zero attached hydrogens (tertiary/aromatic N) is 3. The van der Waals surface area contributed by atoms with Crippen molar-refractivity contribution in [3.8, 4) is 0 Å². The Morgan fingerprint density at radius 1 is 1.60 bits per heavy atom. The van der Waals surface area contributed by atoms with Crippen molar-refractivity contribution < 1.29 is 0 Å². The minimum atomic E-state index is 0. The molecule has 20 heavy (non-hydrogen) atoms. The first-order valence-electron chi connectivity index (χ1n) is 7.06. The zero-order valence-corrected chi connectivity index (χ0v) is 15.7. The summed E-state index contributed by atoms with van der Waals surface area (Å²) in [5.41, 5.74) is 0. The van der Waals surface area contributed by atoms with Crippen LogP contribution >= 0.6 is 35.3 Å². The van der Waals surface area contributed by atoms with E-state index < -0.39 is 0 Å². The van der Waals surface area contributed by atoms with Gasteiger partial charge in [0.1, 0.15) is 0 Å². The van der Waals surface area contributed by atoms with Gasteiger partial charge < -0.3 is 10.2 Å². The van der Waals surface area contributed by atoms with Crippen LogP contribution in [0.25, 0.3) is 0 Å². The van der Waals surface area contributed by atoms with Crippen LogP contribution in [0, 0.1) is 12.8 Å². The van der Waals surface area contributed by atoms with Crippen molar-refractivity contribution in [3.05, 3.63) is 16.1 Å². The lowest BCUT2D eigenvalue weighted by molar-refractivity contribution is 0.266. The van der Waals surface area contributed by atoms with E-state index in [1.54, 1.807) is 11.3 Å². The summed E-state index contributed by atoms with van der Waals surface area (Å²) < 4.78 is 0. The van der Waals surface area contributed by atoms with E-state index >= 15 is 0 Å². The van der Waals surface area contributed by atoms with E-state index in [2.05, 4.69) is 34.0 Å². The second-order valence-corrected chi connectivity index (χ2v) is 6.60. The highest BCUT2D eigenvalue weighted by Gasteiger charge is 2.18. The minimum Gasteiger partial charge on any atom is -0.356 e. The van der Waals surface area contributed by atoms with Crippen molar-refractivity contribution in [2.75, 3.05) is 26.7 Å². The predicted molar refractivity (Wildman–Crippen MR) is 97.3 cm³/mol. The van der Waals surface area contributed by atoms with E-state index in [4.69, 9.17) is 0 Å². The average molecular weight is 408 g/mol. The maximum absolute atomic E-state index is 4.40. The summed E-state index contributed by atoms with van der Waals surface area (Å²) in [7, 11) is 1.87. The number of nitrogens with one attached hydrogen (secondary N) is 1. The van der Waals surface area contributed by atoms with E-state index in [0.29, 0.717) is 0 Å². The van der Waals surface area contributed by atoms with Crippen LogP contribution in [-0.4, -0.2) is 42.5 Å². The number of aromatic nitrogens is 1. The maximum Gasteiger partial charge on any atom is 0.193 e. The van der Waals surface area contributed by atoms with Gasteiger partial charge in [-0.05, 0) is 25.7 Å². The molecule has 1 N–H and O–H groups in total. The molecule has 1 aromatic rings. The summed E-state index contributed by atoms with van der Waals surface area (Å²) in [6, 6.07) is 0. The summed E-state index contributed by atoms with van der Waals surface area (Å²) >= 11 is 1.78. The highest BCUT2D eigenvalue weighted by atomic mass is 127. The molecule has 1 aromatic heterocycles. The molecule has 4 nitrogen and oxygen atoms in total. The van der Waals surface area contributed by atoms with Crippen molar-refractivity contribution in [2.24, 2.45) is 10.9 Å². The quantitative estimate of drug-likeness (QED) is 0.475. The predicted octanol–water partition coefficient (Wildman–Crippen LogP) is 2.92. The lowest BCUT2D eigenvalue weighted by atomic mass is 10.0. The van der Waals surface area contributed by atoms with E-state index in [9.17, 15) is 0 Å². The normalized spacial score (nSPS) is 19.6. The molecule has 0 radical (unpaired) electrons. The van der Waals surface area contributed by atoms with Crippen molar-refractivity contribution in [1.29, 1.82) is 0 Å². The molecule has 0 amide bonds. The fourth-order valence-corrected chi connectivity index (χ4v) is 3.30. The van der Waals surface area contributed by atoms with E-state index in [-0.39, 0.29) is 24.0 Å². The molecule has 1 aliphatic heterocycles. The smallest absolute Gasteiger partial charge is 0.193 e. The maximum atomic E-state index is 4.40. The van der Waals surface area contributed by atoms with Gasteiger partial charge in [-0.3, -0.25) is 4.99 Å². The van der Waals surface area contributed by atoms with Crippen LogP contribution in [-0.2, 0) is 6.42 Å². The molecular formula is C14H25IN4S. The van der Waals surface area contributed by atoms with Crippen molar-refractivity contribution in [3.63, 3.8) is 0 Å². The van der Waals surface area contributed by atoms with Gasteiger partial charge in [0, 0.05) is 44.2 Å². The molecule has 1 fully saturated rings. The monoisotopic (exact) mass is 408 g/mol. The largest absolute Gasteiger partial charge is 0.356 e. The first kappa shape index (κ1) is 17.7. The number of thiazole rings is 1. The molecule has 0 bridgehead atoms. The Bertz CT molecular complexity index is 433. The van der Waals surface area contributed by atoms with Crippen LogP contribution in [0.15, 0.2) is 11.2 Å². The number of aryl methyl sites for hydroxylation is 1. The Morgan fingerprint density at radius 2 is 2.40 bits per heavy atom. The molecule has 1 unspecified atom stereocenters. The first-order valence-corrected chi connectivity index (χ1v) is 7.87. The van der Waals surface area contributed by atoms with Gasteiger partial charge in [0.25, 0.3) is 0 Å². The van der Waals surface area contributed by atoms with Crippen LogP contribution in [0.2, 0.25) is 0 Å². The zero-order valence-electron chi connectivity index (χ0n) is 12.6. The van der Waals surface area contributed by atoms with Crippen LogP contribution in [0.5, 0.6) is 0 Å². The third-order valence-corrected chi connectivity index (χ3v) is 4.43. The molecule has 6 heteroatoms. The second-order valence-electron chi connectivity index (χ2n) is 5.28. The summed E-state index contributed by atoms with van der Waals surface area (Å²) in [6.07, 6.45) is 5.53. The van der Waals surface area contributed by atoms with E-state index in [1.165, 1.54) is 22.7 Å². The van der Waals surface area contributed by atoms with Crippen LogP contribution < -0.4 is 5.32 Å². The number of guanidine groups is 1. The SMILES string of the molecule is CN=C(NCCc1ncc(C)s1)N1CCCC(C)C1.I. The highest BCUT2D eigenvalue weighted by Crippen LogP contribution is 2.15. The highest BCUT2D eigenvalue weighted by molar-refractivity contribution is 14.0. The summed E-state index contributed by atoms with van der Waals surface area (Å²) in [5.74, 6) is 1.81. The molecular weight excluding hydrogens is 383 g/mol. The molecule has 0 aliphatic carbocycles. The summed E-state index contributed by atoms with van der Waals surface area (Å²) in [4.78, 5) is 12.4. The number of hydrogen-bond donors (Lipinski definition) is 1. The molecule has 2 rings (SSSR count). The van der Waals surface area contributed by atoms with Gasteiger partial charge in [-0.2, -0.15) is 0 Å². The molecule has 2 heterocycles. The molecule has 1 saturated heterocycles. The van der Waals surface area contributed by atoms with E-state index in [1.807, 2.05) is 13.2 Å². The van der Waals surface area contributed by atoms with Crippen molar-refractivity contribution in [1.82, 2.24) is 15.2 Å². The number of halogens is 1. The molecule has 0 aromatic carbocycles. The number of rotatable bonds is 3. The summed E-state index contributed by atoms with van der Waals surface area (Å²) in [6.45, 7) is 7.57. The Hall–Kier alpha value is -0.370. The van der Waals surface area contributed by atoms with Gasteiger partial charge in [-0.25, -0.2) is 4.98 Å². The number of aliphatic imine (C=N–C) groups is 1. The van der Waals surface area contributed by atoms with Gasteiger partial charge >= 0.3 is 0 Å². The third-order valence-electron chi connectivity index (χ3n) is 3.46. The number of piperidine rings is 1.